The molecule has 6 N–H and O–H groups in total. The molecule has 2 aliphatic rings. The maximum Gasteiger partial charge on any atom is 0.313 e. The second kappa shape index (κ2) is 38.6. The summed E-state index contributed by atoms with van der Waals surface area (Å²) in [6, 6.07) is 2.69. The van der Waals surface area contributed by atoms with Gasteiger partial charge >= 0.3 is 5.97 Å². The minimum absolute atomic E-state index is 0.0279. The molecule has 3 aromatic rings. The van der Waals surface area contributed by atoms with Crippen molar-refractivity contribution in [1.29, 1.82) is 5.41 Å². The first kappa shape index (κ1) is 64.6. The fourth-order valence-electron chi connectivity index (χ4n) is 7.04. The Bertz CT molecular complexity index is 2120. The van der Waals surface area contributed by atoms with Crippen LogP contribution < -0.4 is 20.3 Å². The molecule has 0 saturated carbocycles. The van der Waals surface area contributed by atoms with Gasteiger partial charge in [0.25, 0.3) is 0 Å². The number of carbonyl (C=O) groups excluding carboxylic acids is 2. The molecule has 0 aliphatic carbocycles. The minimum atomic E-state index is -2.25. The van der Waals surface area contributed by atoms with Crippen LogP contribution in [0.25, 0.3) is 0 Å². The lowest BCUT2D eigenvalue weighted by Crippen LogP contribution is -2.35. The highest BCUT2D eigenvalue weighted by Crippen LogP contribution is 2.44. The molecule has 25 nitrogen and oxygen atoms in total. The average Bonchev–Trinajstić information content (AvgIpc) is 4.19. The quantitative estimate of drug-likeness (QED) is 0.0119. The van der Waals surface area contributed by atoms with Crippen LogP contribution in [-0.4, -0.2) is 208 Å². The third-order valence-electron chi connectivity index (χ3n) is 10.6. The molecule has 2 fully saturated rings. The highest BCUT2D eigenvalue weighted by atomic mass is 35.5. The number of halogens is 4. The predicted molar refractivity (Wildman–Crippen MR) is 270 cm³/mol. The SMILES string of the molecule is CF.N=Cc1c(NC2CCC(COP(O)CP(O)O)O2)nc(Cl)nc1N1CCC(C(=O)NCCOCCOCCOCCOCc2cn(CCOCCOCCOCCOCCC(=O)Oc3ccc(F)cc3F)nn2)C1. The van der Waals surface area contributed by atoms with Gasteiger partial charge in [0.05, 0.1) is 162 Å². The van der Waals surface area contributed by atoms with Crippen LogP contribution in [-0.2, 0) is 69.9 Å². The van der Waals surface area contributed by atoms with Gasteiger partial charge in [0.15, 0.2) is 28.3 Å². The molecular formula is C45H69ClF3N9O16P2. The number of alkyl halides is 1. The number of aromatic nitrogens is 5. The molecule has 4 unspecified atom stereocenters. The van der Waals surface area contributed by atoms with E-state index >= 15 is 0 Å². The average molecular weight is 1150 g/mol. The number of ether oxygens (including phenoxy) is 10. The second-order valence-corrected chi connectivity index (χ2v) is 19.4. The number of anilines is 2. The summed E-state index contributed by atoms with van der Waals surface area (Å²) in [7, 11) is -3.71. The smallest absolute Gasteiger partial charge is 0.313 e. The summed E-state index contributed by atoms with van der Waals surface area (Å²) < 4.78 is 98.0. The first-order valence-electron chi connectivity index (χ1n) is 24.3. The Hall–Kier alpha value is -3.93. The summed E-state index contributed by atoms with van der Waals surface area (Å²) in [5.41, 5.74) is 1.08. The zero-order valence-corrected chi connectivity index (χ0v) is 44.8. The molecule has 31 heteroatoms. The molecule has 1 amide bonds. The molecule has 0 radical (unpaired) electrons. The largest absolute Gasteiger partial charge is 0.423 e. The third kappa shape index (κ3) is 26.1. The Kier molecular flexibility index (Phi) is 32.8. The molecule has 4 atom stereocenters. The molecule has 4 heterocycles. The van der Waals surface area contributed by atoms with Gasteiger partial charge in [-0.1, -0.05) is 5.21 Å². The molecule has 1 aromatic carbocycles. The van der Waals surface area contributed by atoms with Gasteiger partial charge in [0.2, 0.25) is 11.2 Å². The standard InChI is InChI=1S/C44H66ClF2N9O16P2.CH3F/c45-44-51-41(50-39-4-2-35(71-39)30-70-74(61)31-73(59)60)36(26-48)42(52-44)55-8-5-32(27-55)43(58)49-7-11-63-14-17-66-21-22-68-23-24-69-29-34-28-56(54-53-34)9-12-64-15-18-67-20-19-65-16-13-62-10-6-40(57)72-38-3-1-33(46)25-37(38)47;1-2/h1,3,25-26,28,32,35,39,48,59-61H,2,4-24,27,29-31H2,(H,49,58)(H,50,51,52);1H3. The summed E-state index contributed by atoms with van der Waals surface area (Å²) in [5, 5.41) is 22.4. The van der Waals surface area contributed by atoms with E-state index in [1.165, 1.54) is 0 Å². The van der Waals surface area contributed by atoms with Crippen LogP contribution in [0.5, 0.6) is 5.75 Å². The lowest BCUT2D eigenvalue weighted by Gasteiger charge is -2.23. The van der Waals surface area contributed by atoms with Gasteiger partial charge in [-0.25, -0.2) is 13.5 Å². The van der Waals surface area contributed by atoms with Crippen molar-refractivity contribution in [1.82, 2.24) is 30.3 Å². The van der Waals surface area contributed by atoms with Crippen LogP contribution in [0, 0.1) is 23.0 Å². The summed E-state index contributed by atoms with van der Waals surface area (Å²) in [4.78, 5) is 63.3. The van der Waals surface area contributed by atoms with Crippen molar-refractivity contribution < 1.29 is 89.3 Å². The predicted octanol–water partition coefficient (Wildman–Crippen LogP) is 3.35. The number of hydrogen-bond acceptors (Lipinski definition) is 23. The highest BCUT2D eigenvalue weighted by molar-refractivity contribution is 7.63. The molecule has 0 spiro atoms. The first-order valence-corrected chi connectivity index (χ1v) is 27.5. The van der Waals surface area contributed by atoms with E-state index in [2.05, 4.69) is 30.9 Å². The van der Waals surface area contributed by atoms with Gasteiger partial charge in [-0.15, -0.1) is 5.10 Å². The van der Waals surface area contributed by atoms with Crippen LogP contribution in [0.1, 0.15) is 36.9 Å². The van der Waals surface area contributed by atoms with Crippen molar-refractivity contribution in [3.8, 4) is 5.75 Å². The van der Waals surface area contributed by atoms with Crippen molar-refractivity contribution >= 4 is 58.1 Å². The fraction of sp³-hybridized carbons (Fsp3) is 0.667. The summed E-state index contributed by atoms with van der Waals surface area (Å²) in [6.07, 6.45) is 3.82. The highest BCUT2D eigenvalue weighted by Gasteiger charge is 2.33. The van der Waals surface area contributed by atoms with Crippen LogP contribution in [0.15, 0.2) is 24.4 Å². The van der Waals surface area contributed by atoms with Crippen LogP contribution >= 0.6 is 28.4 Å². The van der Waals surface area contributed by atoms with E-state index in [9.17, 15) is 27.7 Å². The maximum absolute atomic E-state index is 13.6. The van der Waals surface area contributed by atoms with E-state index in [1.54, 1.807) is 10.9 Å². The molecular weight excluding hydrogens is 1080 g/mol. The van der Waals surface area contributed by atoms with Crippen LogP contribution in [0.4, 0.5) is 24.8 Å². The Morgan fingerprint density at radius 3 is 2.13 bits per heavy atom. The van der Waals surface area contributed by atoms with E-state index in [0.29, 0.717) is 167 Å². The monoisotopic (exact) mass is 1150 g/mol. The van der Waals surface area contributed by atoms with Crippen LogP contribution in [0.3, 0.4) is 0 Å². The van der Waals surface area contributed by atoms with Crippen molar-refractivity contribution in [3.63, 3.8) is 0 Å². The number of amides is 1. The van der Waals surface area contributed by atoms with E-state index in [0.717, 1.165) is 18.3 Å². The van der Waals surface area contributed by atoms with Gasteiger partial charge in [0.1, 0.15) is 29.4 Å². The topological polar surface area (TPSA) is 304 Å². The molecule has 428 valence electrons. The van der Waals surface area contributed by atoms with Gasteiger partial charge in [-0.3, -0.25) is 14.0 Å². The van der Waals surface area contributed by atoms with Crippen molar-refractivity contribution in [3.05, 3.63) is 52.6 Å². The van der Waals surface area contributed by atoms with E-state index < -0.39 is 40.6 Å². The second-order valence-electron chi connectivity index (χ2n) is 16.2. The van der Waals surface area contributed by atoms with Gasteiger partial charge in [-0.2, -0.15) is 9.97 Å². The summed E-state index contributed by atoms with van der Waals surface area (Å²) in [6.45, 7) is 7.23. The zero-order valence-electron chi connectivity index (χ0n) is 42.2. The molecule has 2 aromatic heterocycles. The number of hydrogen-bond donors (Lipinski definition) is 6. The van der Waals surface area contributed by atoms with E-state index in [1.807, 2.05) is 4.90 Å². The van der Waals surface area contributed by atoms with Gasteiger partial charge in [-0.05, 0) is 43.0 Å². The molecule has 76 heavy (non-hydrogen) atoms. The number of esters is 1. The number of rotatable bonds is 40. The Morgan fingerprint density at radius 2 is 1.49 bits per heavy atom. The molecule has 2 saturated heterocycles. The minimum Gasteiger partial charge on any atom is -0.423 e. The zero-order chi connectivity index (χ0) is 54.8. The van der Waals surface area contributed by atoms with Crippen molar-refractivity contribution in [2.75, 3.05) is 149 Å². The normalized spacial score (nSPS) is 16.7. The van der Waals surface area contributed by atoms with Gasteiger partial charge < -0.3 is 87.5 Å². The van der Waals surface area contributed by atoms with E-state index in [4.69, 9.17) is 78.7 Å². The summed E-state index contributed by atoms with van der Waals surface area (Å²) in [5.74, 6) is -2.63. The number of nitrogens with one attached hydrogen (secondary N) is 3. The lowest BCUT2D eigenvalue weighted by atomic mass is 10.1. The first-order chi connectivity index (χ1) is 37.0. The molecule has 2 aliphatic heterocycles. The Labute approximate surface area is 445 Å². The number of nitrogens with zero attached hydrogens (tertiary/aromatic N) is 6. The molecule has 0 bridgehead atoms. The third-order valence-corrected chi connectivity index (χ3v) is 13.2. The number of benzene rings is 1. The Morgan fingerprint density at radius 1 is 0.855 bits per heavy atom. The van der Waals surface area contributed by atoms with Gasteiger partial charge in [0, 0.05) is 31.9 Å². The lowest BCUT2D eigenvalue weighted by molar-refractivity contribution is -0.136. The van der Waals surface area contributed by atoms with Crippen LogP contribution in [0.2, 0.25) is 5.28 Å². The fourth-order valence-corrected chi connectivity index (χ4v) is 8.73. The van der Waals surface area contributed by atoms with E-state index in [-0.39, 0.29) is 67.7 Å². The summed E-state index contributed by atoms with van der Waals surface area (Å²) >= 11 is 6.31. The number of carbonyl (C=O) groups is 2. The maximum atomic E-state index is 13.6. The van der Waals surface area contributed by atoms with Crippen molar-refractivity contribution in [2.45, 2.75) is 51.2 Å². The Balaban J connectivity index is 0.00000616. The van der Waals surface area contributed by atoms with Crippen molar-refractivity contribution in [2.24, 2.45) is 5.92 Å². The molecule has 5 rings (SSSR count).